The molecule has 4 aromatic rings. The number of carbonyl (C=O) groups excluding carboxylic acids is 2. The predicted octanol–water partition coefficient (Wildman–Crippen LogP) is 3.64. The highest BCUT2D eigenvalue weighted by Gasteiger charge is 2.22. The van der Waals surface area contributed by atoms with Gasteiger partial charge in [0, 0.05) is 37.1 Å². The summed E-state index contributed by atoms with van der Waals surface area (Å²) in [6.45, 7) is 2.77. The van der Waals surface area contributed by atoms with E-state index in [9.17, 15) is 9.59 Å². The van der Waals surface area contributed by atoms with Crippen molar-refractivity contribution in [2.45, 2.75) is 25.4 Å². The third-order valence-electron chi connectivity index (χ3n) is 6.20. The van der Waals surface area contributed by atoms with Gasteiger partial charge in [0.15, 0.2) is 0 Å². The highest BCUT2D eigenvalue weighted by Crippen LogP contribution is 2.22. The Morgan fingerprint density at radius 1 is 0.974 bits per heavy atom. The number of amides is 2. The number of carbonyl (C=O) groups is 2. The summed E-state index contributed by atoms with van der Waals surface area (Å²) < 4.78 is 1.55. The maximum absolute atomic E-state index is 13.3. The molecule has 9 heteroatoms. The molecule has 0 fully saturated rings. The van der Waals surface area contributed by atoms with Crippen molar-refractivity contribution in [3.63, 3.8) is 0 Å². The van der Waals surface area contributed by atoms with Crippen molar-refractivity contribution in [1.82, 2.24) is 25.4 Å². The molecule has 0 aliphatic rings. The van der Waals surface area contributed by atoms with Gasteiger partial charge >= 0.3 is 0 Å². The summed E-state index contributed by atoms with van der Waals surface area (Å²) in [6.07, 6.45) is 5.10. The van der Waals surface area contributed by atoms with E-state index in [2.05, 4.69) is 39.0 Å². The Bertz CT molecular complexity index is 1410. The van der Waals surface area contributed by atoms with E-state index in [-0.39, 0.29) is 24.3 Å². The van der Waals surface area contributed by atoms with Crippen LogP contribution in [-0.2, 0) is 16.1 Å². The van der Waals surface area contributed by atoms with Gasteiger partial charge in [0.1, 0.15) is 18.4 Å². The van der Waals surface area contributed by atoms with E-state index in [0.29, 0.717) is 17.9 Å². The second-order valence-electron chi connectivity index (χ2n) is 8.91. The van der Waals surface area contributed by atoms with Crippen molar-refractivity contribution >= 4 is 17.6 Å². The third-order valence-corrected chi connectivity index (χ3v) is 6.20. The molecule has 0 aliphatic heterocycles. The number of aromatic nitrogens is 3. The summed E-state index contributed by atoms with van der Waals surface area (Å²) in [6, 6.07) is 22.2. The van der Waals surface area contributed by atoms with Crippen LogP contribution in [-0.4, -0.2) is 40.2 Å². The van der Waals surface area contributed by atoms with Gasteiger partial charge in [-0.15, -0.1) is 0 Å². The van der Waals surface area contributed by atoms with E-state index < -0.39 is 6.04 Å². The number of pyridine rings is 1. The number of nitrogens with zero attached hydrogens (tertiary/aromatic N) is 4. The fourth-order valence-electron chi connectivity index (χ4n) is 3.97. The first-order chi connectivity index (χ1) is 18.5. The second-order valence-corrected chi connectivity index (χ2v) is 8.91. The van der Waals surface area contributed by atoms with Gasteiger partial charge in [-0.3, -0.25) is 14.3 Å². The first kappa shape index (κ1) is 26.3. The normalized spacial score (nSPS) is 12.2. The van der Waals surface area contributed by atoms with Gasteiger partial charge in [-0.25, -0.2) is 4.98 Å². The number of rotatable bonds is 10. The van der Waals surface area contributed by atoms with Crippen LogP contribution in [0.25, 0.3) is 11.1 Å². The molecule has 2 aromatic heterocycles. The topological polar surface area (TPSA) is 125 Å². The van der Waals surface area contributed by atoms with Crippen LogP contribution in [0.4, 0.5) is 5.82 Å². The summed E-state index contributed by atoms with van der Waals surface area (Å²) in [4.78, 5) is 29.3. The van der Waals surface area contributed by atoms with Crippen LogP contribution < -0.4 is 16.0 Å². The Kier molecular flexibility index (Phi) is 8.59. The molecule has 2 atom stereocenters. The number of hydrogen-bond acceptors (Lipinski definition) is 6. The van der Waals surface area contributed by atoms with Crippen molar-refractivity contribution in [3.8, 4) is 17.2 Å². The Morgan fingerprint density at radius 3 is 2.39 bits per heavy atom. The largest absolute Gasteiger partial charge is 0.358 e. The number of anilines is 1. The van der Waals surface area contributed by atoms with Gasteiger partial charge < -0.3 is 16.0 Å². The zero-order valence-electron chi connectivity index (χ0n) is 21.3. The molecule has 192 valence electrons. The SMILES string of the molecule is CNC(=O)Cn1cc(-c2ccc(NC(=O)C(NCC(C)c3ccc(C#N)cc3)c3ccccc3)nc2)cn1. The maximum Gasteiger partial charge on any atom is 0.247 e. The monoisotopic (exact) mass is 507 g/mol. The van der Waals surface area contributed by atoms with Gasteiger partial charge in [0.2, 0.25) is 11.8 Å². The highest BCUT2D eigenvalue weighted by atomic mass is 16.2. The first-order valence-electron chi connectivity index (χ1n) is 12.3. The van der Waals surface area contributed by atoms with Crippen LogP contribution in [0.3, 0.4) is 0 Å². The van der Waals surface area contributed by atoms with E-state index in [4.69, 9.17) is 5.26 Å². The molecule has 0 saturated carbocycles. The number of hydrogen-bond donors (Lipinski definition) is 3. The lowest BCUT2D eigenvalue weighted by Gasteiger charge is -2.21. The lowest BCUT2D eigenvalue weighted by molar-refractivity contribution is -0.121. The molecule has 2 aromatic carbocycles. The van der Waals surface area contributed by atoms with Crippen LogP contribution >= 0.6 is 0 Å². The summed E-state index contributed by atoms with van der Waals surface area (Å²) in [5, 5.41) is 22.1. The van der Waals surface area contributed by atoms with E-state index >= 15 is 0 Å². The van der Waals surface area contributed by atoms with E-state index in [0.717, 1.165) is 22.3 Å². The van der Waals surface area contributed by atoms with E-state index in [1.165, 1.54) is 0 Å². The van der Waals surface area contributed by atoms with Crippen molar-refractivity contribution in [3.05, 3.63) is 102 Å². The Hall–Kier alpha value is -4.81. The lowest BCUT2D eigenvalue weighted by atomic mass is 9.98. The smallest absolute Gasteiger partial charge is 0.247 e. The molecule has 0 bridgehead atoms. The average molecular weight is 508 g/mol. The van der Waals surface area contributed by atoms with Crippen molar-refractivity contribution in [2.24, 2.45) is 0 Å². The minimum atomic E-state index is -0.582. The molecular formula is C29H29N7O2. The molecule has 0 aliphatic carbocycles. The Labute approximate surface area is 221 Å². The lowest BCUT2D eigenvalue weighted by Crippen LogP contribution is -2.35. The summed E-state index contributed by atoms with van der Waals surface area (Å²) >= 11 is 0. The predicted molar refractivity (Wildman–Crippen MR) is 145 cm³/mol. The van der Waals surface area contributed by atoms with Gasteiger partial charge in [0.25, 0.3) is 0 Å². The minimum absolute atomic E-state index is 0.128. The maximum atomic E-state index is 13.3. The average Bonchev–Trinajstić information content (AvgIpc) is 3.42. The number of nitriles is 1. The van der Waals surface area contributed by atoms with Gasteiger partial charge in [-0.05, 0) is 41.3 Å². The fourth-order valence-corrected chi connectivity index (χ4v) is 3.97. The van der Waals surface area contributed by atoms with Crippen LogP contribution in [0.2, 0.25) is 0 Å². The molecule has 4 rings (SSSR count). The highest BCUT2D eigenvalue weighted by molar-refractivity contribution is 5.95. The van der Waals surface area contributed by atoms with Crippen LogP contribution in [0.1, 0.15) is 35.6 Å². The van der Waals surface area contributed by atoms with E-state index in [1.54, 1.807) is 48.5 Å². The van der Waals surface area contributed by atoms with E-state index in [1.807, 2.05) is 48.5 Å². The van der Waals surface area contributed by atoms with Crippen LogP contribution in [0, 0.1) is 11.3 Å². The number of benzene rings is 2. The fraction of sp³-hybridized carbons (Fsp3) is 0.207. The third kappa shape index (κ3) is 6.69. The van der Waals surface area contributed by atoms with Gasteiger partial charge in [-0.1, -0.05) is 49.4 Å². The number of likely N-dealkylation sites (N-methyl/N-ethyl adjacent to an activating group) is 1. The molecule has 3 N–H and O–H groups in total. The molecular weight excluding hydrogens is 478 g/mol. The molecule has 38 heavy (non-hydrogen) atoms. The van der Waals surface area contributed by atoms with Crippen LogP contribution in [0.5, 0.6) is 0 Å². The second kappa shape index (κ2) is 12.4. The molecule has 0 spiro atoms. The molecule has 2 unspecified atom stereocenters. The van der Waals surface area contributed by atoms with Crippen molar-refractivity contribution in [1.29, 1.82) is 5.26 Å². The Balaban J connectivity index is 1.43. The molecule has 2 amide bonds. The van der Waals surface area contributed by atoms with Gasteiger partial charge in [-0.2, -0.15) is 10.4 Å². The molecule has 9 nitrogen and oxygen atoms in total. The van der Waals surface area contributed by atoms with Gasteiger partial charge in [0.05, 0.1) is 17.8 Å². The summed E-state index contributed by atoms with van der Waals surface area (Å²) in [5.74, 6) is 0.202. The molecule has 2 heterocycles. The Morgan fingerprint density at radius 2 is 1.74 bits per heavy atom. The van der Waals surface area contributed by atoms with Crippen molar-refractivity contribution < 1.29 is 9.59 Å². The summed E-state index contributed by atoms with van der Waals surface area (Å²) in [7, 11) is 1.58. The quantitative estimate of drug-likeness (QED) is 0.301. The summed E-state index contributed by atoms with van der Waals surface area (Å²) in [5.41, 5.74) is 4.18. The zero-order valence-corrected chi connectivity index (χ0v) is 21.3. The minimum Gasteiger partial charge on any atom is -0.358 e. The first-order valence-corrected chi connectivity index (χ1v) is 12.3. The standard InChI is InChI=1S/C29H29N7O2/c1-20(22-10-8-21(14-30)9-11-22)15-33-28(23-6-4-3-5-7-23)29(38)35-26-13-12-24(16-32-26)25-17-34-36(18-25)19-27(37)31-2/h3-13,16-18,20,28,33H,15,19H2,1-2H3,(H,31,37)(H,32,35,38). The number of nitrogens with one attached hydrogen (secondary N) is 3. The van der Waals surface area contributed by atoms with Crippen molar-refractivity contribution in [2.75, 3.05) is 18.9 Å². The zero-order chi connectivity index (χ0) is 26.9. The van der Waals surface area contributed by atoms with Crippen LogP contribution in [0.15, 0.2) is 85.3 Å². The molecule has 0 radical (unpaired) electrons. The molecule has 0 saturated heterocycles.